The van der Waals surface area contributed by atoms with Crippen LogP contribution < -0.4 is 5.73 Å². The van der Waals surface area contributed by atoms with Crippen molar-refractivity contribution in [2.24, 2.45) is 10.5 Å². The molecule has 52 heavy (non-hydrogen) atoms. The quantitative estimate of drug-likeness (QED) is 0.0228. The molecule has 1 unspecified atom stereocenters. The molecule has 0 heterocycles. The molecule has 0 bridgehead atoms. The fraction of sp³-hybridized carbons (Fsp3) is 0.405. The lowest BCUT2D eigenvalue weighted by Gasteiger charge is -2.28. The molecule has 282 valence electrons. The van der Waals surface area contributed by atoms with Gasteiger partial charge in [-0.25, -0.2) is 18.9 Å². The standard InChI is InChI=1S/C37H49N3O11P/c1-31(41)51-40(2,30-34-20-10-5-11-21-34)35(38)39-52(44,49-26-14-12-24-45-36(42)47-28-22-32-16-6-3-7-17-32)50-27-15-13-25-46-37(43)48-29-23-33-18-8-4-9-19-33/h3-11,16-21H,12-15,22-30H2,1-2H3,(H2,38,39,44)/q+1. The minimum Gasteiger partial charge on any atom is -0.434 e. The van der Waals surface area contributed by atoms with Gasteiger partial charge in [0.05, 0.1) is 39.6 Å². The van der Waals surface area contributed by atoms with E-state index >= 15 is 0 Å². The summed E-state index contributed by atoms with van der Waals surface area (Å²) in [6, 6.07) is 28.3. The van der Waals surface area contributed by atoms with Gasteiger partial charge in [-0.05, 0) is 36.8 Å². The molecule has 0 fully saturated rings. The molecule has 0 amide bonds. The molecule has 3 aromatic rings. The van der Waals surface area contributed by atoms with Crippen LogP contribution in [0.2, 0.25) is 0 Å². The lowest BCUT2D eigenvalue weighted by molar-refractivity contribution is -1.01. The maximum Gasteiger partial charge on any atom is 0.508 e. The van der Waals surface area contributed by atoms with E-state index in [1.165, 1.54) is 14.0 Å². The monoisotopic (exact) mass is 742 g/mol. The van der Waals surface area contributed by atoms with Crippen LogP contribution in [-0.2, 0) is 61.6 Å². The molecule has 3 aromatic carbocycles. The molecule has 0 aliphatic rings. The lowest BCUT2D eigenvalue weighted by Crippen LogP contribution is -2.53. The summed E-state index contributed by atoms with van der Waals surface area (Å²) in [6.07, 6.45) is 0.987. The first-order chi connectivity index (χ1) is 25.1. The highest BCUT2D eigenvalue weighted by molar-refractivity contribution is 7.52. The minimum atomic E-state index is -4.25. The number of nitrogens with two attached hydrogens (primary N) is 1. The normalized spacial score (nSPS) is 12.7. The third-order valence-electron chi connectivity index (χ3n) is 7.30. The highest BCUT2D eigenvalue weighted by Gasteiger charge is 2.37. The van der Waals surface area contributed by atoms with Gasteiger partial charge in [-0.1, -0.05) is 95.6 Å². The zero-order valence-corrected chi connectivity index (χ0v) is 30.7. The van der Waals surface area contributed by atoms with Gasteiger partial charge in [-0.3, -0.25) is 13.9 Å². The molecule has 0 saturated heterocycles. The second kappa shape index (κ2) is 22.9. The molecule has 0 aliphatic carbocycles. The van der Waals surface area contributed by atoms with Crippen LogP contribution in [0, 0.1) is 0 Å². The van der Waals surface area contributed by atoms with Gasteiger partial charge in [-0.15, -0.1) is 4.76 Å². The first kappa shape index (κ1) is 41.7. The summed E-state index contributed by atoms with van der Waals surface area (Å²) in [4.78, 5) is 41.4. The van der Waals surface area contributed by atoms with E-state index in [0.717, 1.165) is 16.7 Å². The van der Waals surface area contributed by atoms with Crippen molar-refractivity contribution >= 4 is 32.0 Å². The van der Waals surface area contributed by atoms with Crippen LogP contribution in [0.1, 0.15) is 49.3 Å². The van der Waals surface area contributed by atoms with E-state index in [9.17, 15) is 18.9 Å². The molecule has 15 heteroatoms. The highest BCUT2D eigenvalue weighted by atomic mass is 31.2. The SMILES string of the molecule is CC(=O)O[N+](C)(Cc1ccccc1)C(N)=NP(=O)(OCCCCOC(=O)OCCc1ccccc1)OCCCCOC(=O)OCCc1ccccc1. The van der Waals surface area contributed by atoms with Crippen LogP contribution in [0.3, 0.4) is 0 Å². The number of benzene rings is 3. The Kier molecular flexibility index (Phi) is 18.4. The zero-order valence-electron chi connectivity index (χ0n) is 29.8. The summed E-state index contributed by atoms with van der Waals surface area (Å²) in [7, 11) is -2.75. The van der Waals surface area contributed by atoms with E-state index in [0.29, 0.717) is 38.5 Å². The Morgan fingerprint density at radius 1 is 0.615 bits per heavy atom. The van der Waals surface area contributed by atoms with Crippen molar-refractivity contribution in [1.82, 2.24) is 0 Å². The average molecular weight is 743 g/mol. The predicted molar refractivity (Wildman–Crippen MR) is 193 cm³/mol. The van der Waals surface area contributed by atoms with Crippen molar-refractivity contribution < 1.29 is 56.4 Å². The summed E-state index contributed by atoms with van der Waals surface area (Å²) in [6.45, 7) is 1.64. The van der Waals surface area contributed by atoms with Gasteiger partial charge >= 0.3 is 32.0 Å². The second-order valence-corrected chi connectivity index (χ2v) is 13.4. The Bertz CT molecular complexity index is 1510. The van der Waals surface area contributed by atoms with Crippen molar-refractivity contribution in [1.29, 1.82) is 0 Å². The Hall–Kier alpha value is -4.75. The number of guanidine groups is 1. The molecule has 0 aromatic heterocycles. The Morgan fingerprint density at radius 3 is 1.42 bits per heavy atom. The van der Waals surface area contributed by atoms with E-state index in [4.69, 9.17) is 38.6 Å². The summed E-state index contributed by atoms with van der Waals surface area (Å²) < 4.78 is 49.1. The van der Waals surface area contributed by atoms with Crippen LogP contribution in [0.4, 0.5) is 9.59 Å². The molecule has 0 spiro atoms. The topological polar surface area (TPSA) is 171 Å². The summed E-state index contributed by atoms with van der Waals surface area (Å²) in [5.74, 6) is -0.948. The lowest BCUT2D eigenvalue weighted by atomic mass is 10.2. The average Bonchev–Trinajstić information content (AvgIpc) is 3.12. The van der Waals surface area contributed by atoms with E-state index in [2.05, 4.69) is 4.76 Å². The van der Waals surface area contributed by atoms with Crippen LogP contribution >= 0.6 is 7.75 Å². The van der Waals surface area contributed by atoms with Gasteiger partial charge < -0.3 is 24.7 Å². The number of rotatable bonds is 21. The van der Waals surface area contributed by atoms with Crippen molar-refractivity contribution in [3.63, 3.8) is 0 Å². The summed E-state index contributed by atoms with van der Waals surface area (Å²) >= 11 is 0. The van der Waals surface area contributed by atoms with E-state index in [-0.39, 0.29) is 52.1 Å². The smallest absolute Gasteiger partial charge is 0.434 e. The van der Waals surface area contributed by atoms with Crippen LogP contribution in [0.5, 0.6) is 0 Å². The van der Waals surface area contributed by atoms with Gasteiger partial charge in [0.25, 0.3) is 0 Å². The molecular weight excluding hydrogens is 693 g/mol. The van der Waals surface area contributed by atoms with Crippen molar-refractivity contribution in [3.8, 4) is 0 Å². The van der Waals surface area contributed by atoms with Crippen molar-refractivity contribution in [2.75, 3.05) is 46.7 Å². The summed E-state index contributed by atoms with van der Waals surface area (Å²) in [5.41, 5.74) is 9.18. The van der Waals surface area contributed by atoms with E-state index < -0.39 is 30.7 Å². The molecule has 1 atom stereocenters. The second-order valence-electron chi connectivity index (χ2n) is 11.7. The van der Waals surface area contributed by atoms with Gasteiger partial charge in [0.15, 0.2) is 6.54 Å². The van der Waals surface area contributed by atoms with E-state index in [1.807, 2.05) is 91.0 Å². The number of carbonyl (C=O) groups is 3. The maximum absolute atomic E-state index is 13.9. The number of unbranched alkanes of at least 4 members (excludes halogenated alkanes) is 2. The fourth-order valence-electron chi connectivity index (χ4n) is 4.65. The predicted octanol–water partition coefficient (Wildman–Crippen LogP) is 6.92. The summed E-state index contributed by atoms with van der Waals surface area (Å²) in [5, 5.41) is 0. The minimum absolute atomic E-state index is 0.0529. The van der Waals surface area contributed by atoms with Crippen molar-refractivity contribution in [3.05, 3.63) is 108 Å². The molecule has 0 radical (unpaired) electrons. The molecule has 2 N–H and O–H groups in total. The van der Waals surface area contributed by atoms with E-state index in [1.54, 1.807) is 0 Å². The maximum atomic E-state index is 13.9. The number of hydrogen-bond acceptors (Lipinski definition) is 11. The van der Waals surface area contributed by atoms with Crippen LogP contribution in [-0.4, -0.2) is 75.6 Å². The Morgan fingerprint density at radius 2 is 1.00 bits per heavy atom. The third kappa shape index (κ3) is 17.0. The number of carbonyl (C=O) groups excluding carboxylic acids is 3. The molecule has 0 aliphatic heterocycles. The van der Waals surface area contributed by atoms with Gasteiger partial charge in [-0.2, -0.15) is 0 Å². The van der Waals surface area contributed by atoms with Crippen LogP contribution in [0.25, 0.3) is 0 Å². The molecular formula is C37H49N3O11P+. The zero-order chi connectivity index (χ0) is 37.5. The number of ether oxygens (including phenoxy) is 4. The van der Waals surface area contributed by atoms with Gasteiger partial charge in [0.1, 0.15) is 7.05 Å². The Labute approximate surface area is 304 Å². The number of hydroxylamine groups is 3. The largest absolute Gasteiger partial charge is 0.508 e. The number of hydrogen-bond donors (Lipinski definition) is 1. The van der Waals surface area contributed by atoms with Gasteiger partial charge in [0.2, 0.25) is 0 Å². The molecule has 14 nitrogen and oxygen atoms in total. The first-order valence-corrected chi connectivity index (χ1v) is 18.6. The third-order valence-corrected chi connectivity index (χ3v) is 8.77. The Balaban J connectivity index is 1.49. The number of nitrogens with zero attached hydrogens (tertiary/aromatic N) is 2. The fourth-order valence-corrected chi connectivity index (χ4v) is 6.00. The molecule has 0 saturated carbocycles. The first-order valence-electron chi connectivity index (χ1n) is 17.1. The molecule has 3 rings (SSSR count). The number of quaternary nitrogens is 1. The van der Waals surface area contributed by atoms with Crippen molar-refractivity contribution in [2.45, 2.75) is 52.0 Å². The van der Waals surface area contributed by atoms with Crippen LogP contribution in [0.15, 0.2) is 95.8 Å². The van der Waals surface area contributed by atoms with Gasteiger partial charge in [0, 0.05) is 25.3 Å². The highest BCUT2D eigenvalue weighted by Crippen LogP contribution is 2.50.